The van der Waals surface area contributed by atoms with Crippen molar-refractivity contribution in [2.45, 2.75) is 58.8 Å². The first-order valence-corrected chi connectivity index (χ1v) is 10.8. The molecule has 0 amide bonds. The fourth-order valence-corrected chi connectivity index (χ4v) is 7.56. The molecule has 3 aliphatic carbocycles. The fraction of sp³-hybridized carbons (Fsp3) is 0.708. The van der Waals surface area contributed by atoms with Crippen molar-refractivity contribution in [1.82, 2.24) is 4.98 Å². The van der Waals surface area contributed by atoms with E-state index in [1.165, 1.54) is 50.5 Å². The van der Waals surface area contributed by atoms with E-state index in [0.717, 1.165) is 36.9 Å². The summed E-state index contributed by atoms with van der Waals surface area (Å²) in [4.78, 5) is 4.40. The Hall–Kier alpha value is -1.15. The van der Waals surface area contributed by atoms with Gasteiger partial charge >= 0.3 is 0 Å². The number of allylic oxidation sites excluding steroid dienone is 2. The molecule has 6 unspecified atom stereocenters. The van der Waals surface area contributed by atoms with Crippen molar-refractivity contribution in [3.8, 4) is 0 Å². The fourth-order valence-electron chi connectivity index (χ4n) is 7.56. The lowest BCUT2D eigenvalue weighted by atomic mass is 9.46. The Morgan fingerprint density at radius 1 is 1.04 bits per heavy atom. The number of fused-ring (bicyclic) bond motifs is 5. The highest BCUT2D eigenvalue weighted by Crippen LogP contribution is 2.66. The summed E-state index contributed by atoms with van der Waals surface area (Å²) in [5, 5.41) is 0. The smallest absolute Gasteiger partial charge is 0.0471 e. The van der Waals surface area contributed by atoms with Gasteiger partial charge in [0, 0.05) is 25.6 Å². The molecule has 3 fully saturated rings. The van der Waals surface area contributed by atoms with Crippen molar-refractivity contribution in [3.05, 3.63) is 36.2 Å². The monoisotopic (exact) mass is 351 g/mol. The summed E-state index contributed by atoms with van der Waals surface area (Å²) in [6, 6.07) is 4.36. The van der Waals surface area contributed by atoms with E-state index in [0.29, 0.717) is 10.8 Å². The van der Waals surface area contributed by atoms with E-state index in [4.69, 9.17) is 4.74 Å². The van der Waals surface area contributed by atoms with Crippen molar-refractivity contribution in [3.63, 3.8) is 0 Å². The molecule has 2 heterocycles. The number of hydrogen-bond acceptors (Lipinski definition) is 2. The zero-order chi connectivity index (χ0) is 17.8. The van der Waals surface area contributed by atoms with Crippen molar-refractivity contribution >= 4 is 5.57 Å². The summed E-state index contributed by atoms with van der Waals surface area (Å²) >= 11 is 0. The van der Waals surface area contributed by atoms with Crippen molar-refractivity contribution in [2.75, 3.05) is 13.2 Å². The normalized spacial score (nSPS) is 45.1. The Balaban J connectivity index is 1.45. The van der Waals surface area contributed by atoms with Gasteiger partial charge in [-0.25, -0.2) is 0 Å². The second kappa shape index (κ2) is 6.19. The molecule has 0 radical (unpaired) electrons. The van der Waals surface area contributed by atoms with Crippen LogP contribution in [0.1, 0.15) is 64.4 Å². The molecule has 0 bridgehead atoms. The number of rotatable bonds is 1. The lowest BCUT2D eigenvalue weighted by Crippen LogP contribution is -2.51. The van der Waals surface area contributed by atoms with Crippen LogP contribution < -0.4 is 0 Å². The highest BCUT2D eigenvalue weighted by atomic mass is 16.5. The Morgan fingerprint density at radius 2 is 1.96 bits per heavy atom. The molecule has 140 valence electrons. The average molecular weight is 352 g/mol. The van der Waals surface area contributed by atoms with E-state index < -0.39 is 0 Å². The molecule has 1 saturated heterocycles. The van der Waals surface area contributed by atoms with Crippen LogP contribution in [0.2, 0.25) is 0 Å². The van der Waals surface area contributed by atoms with Gasteiger partial charge in [0.2, 0.25) is 0 Å². The number of pyridine rings is 1. The third kappa shape index (κ3) is 2.37. The minimum Gasteiger partial charge on any atom is -0.381 e. The zero-order valence-electron chi connectivity index (χ0n) is 16.4. The summed E-state index contributed by atoms with van der Waals surface area (Å²) in [6.45, 7) is 7.16. The molecular weight excluding hydrogens is 318 g/mol. The Kier molecular flexibility index (Phi) is 4.04. The molecule has 4 aliphatic rings. The van der Waals surface area contributed by atoms with Crippen LogP contribution in [0.5, 0.6) is 0 Å². The van der Waals surface area contributed by atoms with Gasteiger partial charge in [-0.1, -0.05) is 26.0 Å². The van der Waals surface area contributed by atoms with Gasteiger partial charge in [0.1, 0.15) is 0 Å². The summed E-state index contributed by atoms with van der Waals surface area (Å²) in [7, 11) is 0. The molecule has 2 heteroatoms. The second-order valence-electron chi connectivity index (χ2n) is 9.86. The van der Waals surface area contributed by atoms with E-state index in [9.17, 15) is 0 Å². The Bertz CT molecular complexity index is 697. The van der Waals surface area contributed by atoms with Crippen LogP contribution in [-0.4, -0.2) is 18.2 Å². The SMILES string of the molecule is CC12CCC3C(CCC4CCOCCC43C)C1CC=C2c1cccnc1. The van der Waals surface area contributed by atoms with Gasteiger partial charge in [0.05, 0.1) is 0 Å². The quantitative estimate of drug-likeness (QED) is 0.643. The predicted octanol–water partition coefficient (Wildman–Crippen LogP) is 5.74. The highest BCUT2D eigenvalue weighted by Gasteiger charge is 2.57. The molecular formula is C24H33NO. The highest BCUT2D eigenvalue weighted by molar-refractivity contribution is 5.72. The lowest BCUT2D eigenvalue weighted by Gasteiger charge is -2.58. The molecule has 2 saturated carbocycles. The second-order valence-corrected chi connectivity index (χ2v) is 9.86. The Morgan fingerprint density at radius 3 is 2.81 bits per heavy atom. The van der Waals surface area contributed by atoms with Gasteiger partial charge in [-0.15, -0.1) is 0 Å². The summed E-state index contributed by atoms with van der Waals surface area (Å²) in [5.41, 5.74) is 3.82. The maximum atomic E-state index is 5.90. The third-order valence-corrected chi connectivity index (χ3v) is 9.01. The summed E-state index contributed by atoms with van der Waals surface area (Å²) < 4.78 is 5.90. The predicted molar refractivity (Wildman–Crippen MR) is 106 cm³/mol. The number of hydrogen-bond donors (Lipinski definition) is 0. The van der Waals surface area contributed by atoms with Gasteiger partial charge in [-0.05, 0) is 96.7 Å². The van der Waals surface area contributed by atoms with Gasteiger partial charge in [-0.3, -0.25) is 4.98 Å². The molecule has 0 aromatic carbocycles. The van der Waals surface area contributed by atoms with E-state index in [1.54, 1.807) is 5.57 Å². The van der Waals surface area contributed by atoms with E-state index in [1.807, 2.05) is 6.20 Å². The summed E-state index contributed by atoms with van der Waals surface area (Å²) in [5.74, 6) is 3.53. The molecule has 1 aliphatic heterocycles. The van der Waals surface area contributed by atoms with Gasteiger partial charge in [-0.2, -0.15) is 0 Å². The van der Waals surface area contributed by atoms with Gasteiger partial charge in [0.15, 0.2) is 0 Å². The molecule has 5 rings (SSSR count). The Labute approximate surface area is 158 Å². The number of nitrogens with zero attached hydrogens (tertiary/aromatic N) is 1. The third-order valence-electron chi connectivity index (χ3n) is 9.01. The van der Waals surface area contributed by atoms with Gasteiger partial charge in [0.25, 0.3) is 0 Å². The zero-order valence-corrected chi connectivity index (χ0v) is 16.4. The first-order chi connectivity index (χ1) is 12.6. The topological polar surface area (TPSA) is 22.1 Å². The van der Waals surface area contributed by atoms with Crippen molar-refractivity contribution in [1.29, 1.82) is 0 Å². The number of ether oxygens (including phenoxy) is 1. The molecule has 0 spiro atoms. The maximum Gasteiger partial charge on any atom is 0.0471 e. The summed E-state index contributed by atoms with van der Waals surface area (Å²) in [6.07, 6.45) is 16.0. The molecule has 1 aromatic rings. The van der Waals surface area contributed by atoms with Crippen LogP contribution in [-0.2, 0) is 4.74 Å². The van der Waals surface area contributed by atoms with Gasteiger partial charge < -0.3 is 4.74 Å². The molecule has 1 aromatic heterocycles. The van der Waals surface area contributed by atoms with Crippen molar-refractivity contribution in [2.24, 2.45) is 34.5 Å². The minimum atomic E-state index is 0.356. The van der Waals surface area contributed by atoms with E-state index >= 15 is 0 Å². The first-order valence-electron chi connectivity index (χ1n) is 10.8. The lowest BCUT2D eigenvalue weighted by molar-refractivity contribution is -0.0798. The maximum absolute atomic E-state index is 5.90. The van der Waals surface area contributed by atoms with Crippen LogP contribution in [0.25, 0.3) is 5.57 Å². The van der Waals surface area contributed by atoms with Crippen LogP contribution in [0.4, 0.5) is 0 Å². The van der Waals surface area contributed by atoms with Crippen LogP contribution in [0, 0.1) is 34.5 Å². The van der Waals surface area contributed by atoms with Crippen LogP contribution in [0.3, 0.4) is 0 Å². The average Bonchev–Trinajstić information content (AvgIpc) is 2.88. The molecule has 6 atom stereocenters. The van der Waals surface area contributed by atoms with Crippen LogP contribution in [0.15, 0.2) is 30.6 Å². The molecule has 0 N–H and O–H groups in total. The van der Waals surface area contributed by atoms with Crippen molar-refractivity contribution < 1.29 is 4.74 Å². The minimum absolute atomic E-state index is 0.356. The van der Waals surface area contributed by atoms with E-state index in [-0.39, 0.29) is 0 Å². The standard InChI is InChI=1S/C24H33NO/c1-23-12-15-26-14-10-18(23)5-6-19-21-8-7-20(17-4-3-13-25-16-17)24(21,2)11-9-22(19)23/h3-4,7,13,16,18-19,21-22H,5-6,8-12,14-15H2,1-2H3. The largest absolute Gasteiger partial charge is 0.381 e. The van der Waals surface area contributed by atoms with Crippen LogP contribution >= 0.6 is 0 Å². The molecule has 26 heavy (non-hydrogen) atoms. The van der Waals surface area contributed by atoms with E-state index in [2.05, 4.69) is 43.2 Å². The first kappa shape index (κ1) is 17.0. The molecule has 2 nitrogen and oxygen atoms in total. The number of aromatic nitrogens is 1.